The zero-order valence-corrected chi connectivity index (χ0v) is 15.1. The molecule has 23 heavy (non-hydrogen) atoms. The van der Waals surface area contributed by atoms with Crippen molar-refractivity contribution < 1.29 is 13.2 Å². The SMILES string of the molecule is CC(=O)N(CCNS(=O)(=O)c1cccs1)c1ccc(C)c(Cl)c1. The topological polar surface area (TPSA) is 66.5 Å². The number of carbonyl (C=O) groups excluding carboxylic acids is 1. The fourth-order valence-electron chi connectivity index (χ4n) is 2.00. The van der Waals surface area contributed by atoms with E-state index in [1.165, 1.54) is 17.9 Å². The molecule has 0 saturated carbocycles. The van der Waals surface area contributed by atoms with Gasteiger partial charge in [-0.1, -0.05) is 23.7 Å². The number of rotatable bonds is 6. The van der Waals surface area contributed by atoms with Crippen LogP contribution in [0.15, 0.2) is 39.9 Å². The first-order valence-electron chi connectivity index (χ1n) is 6.88. The number of carbonyl (C=O) groups is 1. The molecule has 5 nitrogen and oxygen atoms in total. The Morgan fingerprint density at radius 3 is 2.65 bits per heavy atom. The Hall–Kier alpha value is -1.41. The van der Waals surface area contributed by atoms with Crippen LogP contribution in [0.25, 0.3) is 0 Å². The largest absolute Gasteiger partial charge is 0.311 e. The van der Waals surface area contributed by atoms with Crippen LogP contribution in [0.1, 0.15) is 12.5 Å². The molecule has 2 aromatic rings. The third kappa shape index (κ3) is 4.54. The van der Waals surface area contributed by atoms with Crippen LogP contribution in [-0.4, -0.2) is 27.4 Å². The highest BCUT2D eigenvalue weighted by molar-refractivity contribution is 7.91. The molecule has 0 aliphatic carbocycles. The summed E-state index contributed by atoms with van der Waals surface area (Å²) >= 11 is 7.24. The minimum absolute atomic E-state index is 0.116. The van der Waals surface area contributed by atoms with Crippen molar-refractivity contribution in [2.24, 2.45) is 0 Å². The van der Waals surface area contributed by atoms with Crippen molar-refractivity contribution in [1.82, 2.24) is 4.72 Å². The Kier molecular flexibility index (Phi) is 5.80. The molecule has 1 aromatic heterocycles. The van der Waals surface area contributed by atoms with E-state index in [-0.39, 0.29) is 23.2 Å². The first-order valence-corrected chi connectivity index (χ1v) is 9.63. The van der Waals surface area contributed by atoms with Crippen molar-refractivity contribution in [3.8, 4) is 0 Å². The van der Waals surface area contributed by atoms with Crippen LogP contribution in [0.5, 0.6) is 0 Å². The maximum absolute atomic E-state index is 12.1. The summed E-state index contributed by atoms with van der Waals surface area (Å²) < 4.78 is 26.9. The average Bonchev–Trinajstić information content (AvgIpc) is 3.01. The lowest BCUT2D eigenvalue weighted by atomic mass is 10.2. The van der Waals surface area contributed by atoms with Gasteiger partial charge in [0.05, 0.1) is 0 Å². The number of sulfonamides is 1. The molecule has 1 heterocycles. The quantitative estimate of drug-likeness (QED) is 0.847. The number of hydrogen-bond donors (Lipinski definition) is 1. The second kappa shape index (κ2) is 7.44. The Morgan fingerprint density at radius 2 is 2.09 bits per heavy atom. The predicted octanol–water partition coefficient (Wildman–Crippen LogP) is 3.04. The molecule has 0 atom stereocenters. The number of hydrogen-bond acceptors (Lipinski definition) is 4. The molecule has 1 aromatic carbocycles. The van der Waals surface area contributed by atoms with Crippen LogP contribution in [0.4, 0.5) is 5.69 Å². The molecule has 0 saturated heterocycles. The van der Waals surface area contributed by atoms with Gasteiger partial charge in [-0.05, 0) is 36.1 Å². The number of aryl methyl sites for hydroxylation is 1. The van der Waals surface area contributed by atoms with Gasteiger partial charge in [-0.3, -0.25) is 4.79 Å². The van der Waals surface area contributed by atoms with Gasteiger partial charge in [-0.2, -0.15) is 0 Å². The molecule has 8 heteroatoms. The molecule has 0 spiro atoms. The van der Waals surface area contributed by atoms with Gasteiger partial charge in [-0.15, -0.1) is 11.3 Å². The molecule has 0 unspecified atom stereocenters. The summed E-state index contributed by atoms with van der Waals surface area (Å²) in [5.41, 5.74) is 1.56. The van der Waals surface area contributed by atoms with Crippen molar-refractivity contribution in [3.05, 3.63) is 46.3 Å². The van der Waals surface area contributed by atoms with Gasteiger partial charge in [0.1, 0.15) is 4.21 Å². The molecule has 124 valence electrons. The lowest BCUT2D eigenvalue weighted by Gasteiger charge is -2.22. The highest BCUT2D eigenvalue weighted by Crippen LogP contribution is 2.23. The Labute approximate surface area is 144 Å². The average molecular weight is 373 g/mol. The van der Waals surface area contributed by atoms with E-state index in [1.807, 2.05) is 13.0 Å². The van der Waals surface area contributed by atoms with Crippen molar-refractivity contribution >= 4 is 44.6 Å². The summed E-state index contributed by atoms with van der Waals surface area (Å²) in [7, 11) is -3.53. The first-order chi connectivity index (χ1) is 10.8. The Morgan fingerprint density at radius 1 is 1.35 bits per heavy atom. The van der Waals surface area contributed by atoms with Gasteiger partial charge in [0.25, 0.3) is 0 Å². The normalized spacial score (nSPS) is 11.4. The second-order valence-electron chi connectivity index (χ2n) is 4.93. The number of thiophene rings is 1. The number of amides is 1. The number of nitrogens with one attached hydrogen (secondary N) is 1. The molecule has 0 aliphatic rings. The van der Waals surface area contributed by atoms with Crippen molar-refractivity contribution in [2.45, 2.75) is 18.1 Å². The molecular weight excluding hydrogens is 356 g/mol. The molecule has 1 N–H and O–H groups in total. The summed E-state index contributed by atoms with van der Waals surface area (Å²) in [5, 5.41) is 2.26. The van der Waals surface area contributed by atoms with Crippen molar-refractivity contribution in [2.75, 3.05) is 18.0 Å². The minimum Gasteiger partial charge on any atom is -0.311 e. The van der Waals surface area contributed by atoms with Gasteiger partial charge in [0.15, 0.2) is 0 Å². The fraction of sp³-hybridized carbons (Fsp3) is 0.267. The van der Waals surface area contributed by atoms with E-state index in [2.05, 4.69) is 4.72 Å². The standard InChI is InChI=1S/C15H17ClN2O3S2/c1-11-5-6-13(10-14(11)16)18(12(2)19)8-7-17-23(20,21)15-4-3-9-22-15/h3-6,9-10,17H,7-8H2,1-2H3. The van der Waals surface area contributed by atoms with Gasteiger partial charge in [-0.25, -0.2) is 13.1 Å². The molecule has 0 bridgehead atoms. The van der Waals surface area contributed by atoms with Crippen LogP contribution in [0.2, 0.25) is 5.02 Å². The second-order valence-corrected chi connectivity index (χ2v) is 8.28. The van der Waals surface area contributed by atoms with E-state index in [1.54, 1.807) is 23.6 Å². The molecule has 0 aliphatic heterocycles. The van der Waals surface area contributed by atoms with E-state index >= 15 is 0 Å². The zero-order valence-electron chi connectivity index (χ0n) is 12.7. The fourth-order valence-corrected chi connectivity index (χ4v) is 4.23. The summed E-state index contributed by atoms with van der Waals surface area (Å²) in [6, 6.07) is 8.52. The number of nitrogens with zero attached hydrogens (tertiary/aromatic N) is 1. The summed E-state index contributed by atoms with van der Waals surface area (Å²) in [5.74, 6) is -0.180. The third-order valence-electron chi connectivity index (χ3n) is 3.23. The van der Waals surface area contributed by atoms with Gasteiger partial charge >= 0.3 is 0 Å². The van der Waals surface area contributed by atoms with E-state index < -0.39 is 10.0 Å². The first kappa shape index (κ1) is 17.9. The molecule has 2 rings (SSSR count). The van der Waals surface area contributed by atoms with Crippen LogP contribution in [0, 0.1) is 6.92 Å². The summed E-state index contributed by atoms with van der Waals surface area (Å²) in [6.45, 7) is 3.64. The minimum atomic E-state index is -3.53. The predicted molar refractivity (Wildman–Crippen MR) is 93.7 cm³/mol. The van der Waals surface area contributed by atoms with Gasteiger partial charge in [0.2, 0.25) is 15.9 Å². The van der Waals surface area contributed by atoms with Crippen LogP contribution in [0.3, 0.4) is 0 Å². The number of halogens is 1. The van der Waals surface area contributed by atoms with Crippen LogP contribution in [-0.2, 0) is 14.8 Å². The zero-order chi connectivity index (χ0) is 17.0. The highest BCUT2D eigenvalue weighted by Gasteiger charge is 2.17. The monoisotopic (exact) mass is 372 g/mol. The van der Waals surface area contributed by atoms with E-state index in [9.17, 15) is 13.2 Å². The van der Waals surface area contributed by atoms with Gasteiger partial charge < -0.3 is 4.90 Å². The number of benzene rings is 1. The van der Waals surface area contributed by atoms with Crippen molar-refractivity contribution in [1.29, 1.82) is 0 Å². The van der Waals surface area contributed by atoms with Gasteiger partial charge in [0, 0.05) is 30.7 Å². The Balaban J connectivity index is 2.06. The maximum atomic E-state index is 12.1. The van der Waals surface area contributed by atoms with Crippen LogP contribution >= 0.6 is 22.9 Å². The Bertz CT molecular complexity index is 789. The molecule has 1 amide bonds. The molecule has 0 radical (unpaired) electrons. The van der Waals surface area contributed by atoms with E-state index in [0.717, 1.165) is 16.9 Å². The molecule has 0 fully saturated rings. The highest BCUT2D eigenvalue weighted by atomic mass is 35.5. The maximum Gasteiger partial charge on any atom is 0.250 e. The van der Waals surface area contributed by atoms with Crippen molar-refractivity contribution in [3.63, 3.8) is 0 Å². The molecular formula is C15H17ClN2O3S2. The lowest BCUT2D eigenvalue weighted by Crippen LogP contribution is -2.37. The smallest absolute Gasteiger partial charge is 0.250 e. The van der Waals surface area contributed by atoms with E-state index in [4.69, 9.17) is 11.6 Å². The third-order valence-corrected chi connectivity index (χ3v) is 6.50. The summed E-state index contributed by atoms with van der Waals surface area (Å²) in [6.07, 6.45) is 0. The van der Waals surface area contributed by atoms with E-state index in [0.29, 0.717) is 10.7 Å². The summed E-state index contributed by atoms with van der Waals surface area (Å²) in [4.78, 5) is 13.3. The number of anilines is 1. The lowest BCUT2D eigenvalue weighted by molar-refractivity contribution is -0.116. The van der Waals surface area contributed by atoms with Crippen LogP contribution < -0.4 is 9.62 Å².